The van der Waals surface area contributed by atoms with E-state index in [4.69, 9.17) is 4.74 Å². The molecule has 1 amide bonds. The fraction of sp³-hybridized carbons (Fsp3) is 0.273. The standard InChI is InChI=1S/C22H24N4O3/c1-29-19-8-6-17(7-9-19)12-14-24-21(27)5-3-15-26-22(28)11-10-20(25-26)18-4-2-13-23-16-18/h2,4,6-11,13,16H,3,5,12,14-15H2,1H3,(H,24,27). The number of methoxy groups -OCH3 is 1. The second-order valence-electron chi connectivity index (χ2n) is 6.57. The number of nitrogens with zero attached hydrogens (tertiary/aromatic N) is 3. The van der Waals surface area contributed by atoms with Crippen LogP contribution in [0, 0.1) is 0 Å². The Morgan fingerprint density at radius 1 is 1.14 bits per heavy atom. The lowest BCUT2D eigenvalue weighted by atomic mass is 10.1. The van der Waals surface area contributed by atoms with Gasteiger partial charge in [-0.15, -0.1) is 0 Å². The summed E-state index contributed by atoms with van der Waals surface area (Å²) in [6.07, 6.45) is 5.02. The molecule has 0 aliphatic rings. The van der Waals surface area contributed by atoms with Crippen LogP contribution in [0.5, 0.6) is 5.75 Å². The van der Waals surface area contributed by atoms with E-state index >= 15 is 0 Å². The molecule has 2 aromatic heterocycles. The second-order valence-corrected chi connectivity index (χ2v) is 6.57. The maximum absolute atomic E-state index is 12.1. The van der Waals surface area contributed by atoms with Gasteiger partial charge < -0.3 is 10.1 Å². The predicted octanol–water partition coefficient (Wildman–Crippen LogP) is 2.45. The van der Waals surface area contributed by atoms with E-state index < -0.39 is 0 Å². The maximum atomic E-state index is 12.1. The van der Waals surface area contributed by atoms with E-state index in [1.165, 1.54) is 10.7 Å². The Morgan fingerprint density at radius 2 is 1.97 bits per heavy atom. The molecule has 0 spiro atoms. The highest BCUT2D eigenvalue weighted by Gasteiger charge is 2.06. The van der Waals surface area contributed by atoms with Crippen LogP contribution >= 0.6 is 0 Å². The lowest BCUT2D eigenvalue weighted by Crippen LogP contribution is -2.27. The van der Waals surface area contributed by atoms with E-state index in [0.29, 0.717) is 31.6 Å². The number of carbonyl (C=O) groups excluding carboxylic acids is 1. The smallest absolute Gasteiger partial charge is 0.266 e. The van der Waals surface area contributed by atoms with Gasteiger partial charge in [-0.25, -0.2) is 4.68 Å². The molecule has 0 bridgehead atoms. The summed E-state index contributed by atoms with van der Waals surface area (Å²) in [5.41, 5.74) is 2.48. The van der Waals surface area contributed by atoms with Crippen LogP contribution in [0.1, 0.15) is 18.4 Å². The van der Waals surface area contributed by atoms with Crippen molar-refractivity contribution in [2.75, 3.05) is 13.7 Å². The van der Waals surface area contributed by atoms with E-state index in [-0.39, 0.29) is 11.5 Å². The van der Waals surface area contributed by atoms with Gasteiger partial charge in [-0.2, -0.15) is 5.10 Å². The van der Waals surface area contributed by atoms with Crippen LogP contribution in [0.15, 0.2) is 65.7 Å². The molecule has 150 valence electrons. The van der Waals surface area contributed by atoms with Gasteiger partial charge in [0, 0.05) is 43.5 Å². The third-order valence-electron chi connectivity index (χ3n) is 4.49. The summed E-state index contributed by atoms with van der Waals surface area (Å²) in [5.74, 6) is 0.782. The van der Waals surface area contributed by atoms with Gasteiger partial charge in [0.05, 0.1) is 12.8 Å². The molecular formula is C22H24N4O3. The first kappa shape index (κ1) is 20.3. The molecule has 0 fully saturated rings. The Morgan fingerprint density at radius 3 is 2.69 bits per heavy atom. The Labute approximate surface area is 169 Å². The third-order valence-corrected chi connectivity index (χ3v) is 4.49. The van der Waals surface area contributed by atoms with E-state index in [1.807, 2.05) is 36.4 Å². The molecule has 0 atom stereocenters. The number of carbonyl (C=O) groups is 1. The van der Waals surface area contributed by atoms with Gasteiger partial charge in [-0.05, 0) is 48.7 Å². The van der Waals surface area contributed by atoms with Crippen molar-refractivity contribution in [3.05, 3.63) is 76.8 Å². The zero-order chi connectivity index (χ0) is 20.5. The number of ether oxygens (including phenoxy) is 1. The topological polar surface area (TPSA) is 86.1 Å². The van der Waals surface area contributed by atoms with Gasteiger partial charge in [0.2, 0.25) is 5.91 Å². The Hall–Kier alpha value is -3.48. The zero-order valence-electron chi connectivity index (χ0n) is 16.4. The SMILES string of the molecule is COc1ccc(CCNC(=O)CCCn2nc(-c3cccnc3)ccc2=O)cc1. The van der Waals surface area contributed by atoms with Crippen LogP contribution in [0.25, 0.3) is 11.3 Å². The highest BCUT2D eigenvalue weighted by atomic mass is 16.5. The number of benzene rings is 1. The summed E-state index contributed by atoms with van der Waals surface area (Å²) in [6, 6.07) is 14.7. The Kier molecular flexibility index (Phi) is 7.10. The quantitative estimate of drug-likeness (QED) is 0.605. The average molecular weight is 392 g/mol. The molecule has 29 heavy (non-hydrogen) atoms. The maximum Gasteiger partial charge on any atom is 0.266 e. The summed E-state index contributed by atoms with van der Waals surface area (Å²) < 4.78 is 6.53. The number of amides is 1. The monoisotopic (exact) mass is 392 g/mol. The molecule has 7 nitrogen and oxygen atoms in total. The molecule has 0 radical (unpaired) electrons. The minimum absolute atomic E-state index is 0.0324. The van der Waals surface area contributed by atoms with Crippen molar-refractivity contribution < 1.29 is 9.53 Å². The first-order valence-corrected chi connectivity index (χ1v) is 9.54. The number of hydrogen-bond donors (Lipinski definition) is 1. The number of aromatic nitrogens is 3. The van der Waals surface area contributed by atoms with Crippen molar-refractivity contribution in [1.29, 1.82) is 0 Å². The van der Waals surface area contributed by atoms with Crippen LogP contribution in [0.4, 0.5) is 0 Å². The van der Waals surface area contributed by atoms with Gasteiger partial charge in [-0.3, -0.25) is 14.6 Å². The summed E-state index contributed by atoms with van der Waals surface area (Å²) in [5, 5.41) is 7.29. The Bertz CT molecular complexity index is 985. The first-order chi connectivity index (χ1) is 14.2. The fourth-order valence-corrected chi connectivity index (χ4v) is 2.89. The summed E-state index contributed by atoms with van der Waals surface area (Å²) in [7, 11) is 1.63. The van der Waals surface area contributed by atoms with Crippen LogP contribution in [0.3, 0.4) is 0 Å². The summed E-state index contributed by atoms with van der Waals surface area (Å²) >= 11 is 0. The number of rotatable bonds is 9. The number of nitrogens with one attached hydrogen (secondary N) is 1. The highest BCUT2D eigenvalue weighted by Crippen LogP contribution is 2.13. The molecule has 0 aliphatic heterocycles. The van der Waals surface area contributed by atoms with Crippen molar-refractivity contribution in [2.45, 2.75) is 25.8 Å². The molecule has 1 aromatic carbocycles. The minimum Gasteiger partial charge on any atom is -0.497 e. The molecule has 2 heterocycles. The molecule has 0 unspecified atom stereocenters. The van der Waals surface area contributed by atoms with E-state index in [9.17, 15) is 9.59 Å². The Balaban J connectivity index is 1.44. The molecular weight excluding hydrogens is 368 g/mol. The molecule has 0 aliphatic carbocycles. The van der Waals surface area contributed by atoms with Gasteiger partial charge in [-0.1, -0.05) is 12.1 Å². The number of hydrogen-bond acceptors (Lipinski definition) is 5. The van der Waals surface area contributed by atoms with Gasteiger partial charge in [0.1, 0.15) is 5.75 Å². The predicted molar refractivity (Wildman–Crippen MR) is 111 cm³/mol. The van der Waals surface area contributed by atoms with Crippen molar-refractivity contribution in [3.63, 3.8) is 0 Å². The van der Waals surface area contributed by atoms with Crippen LogP contribution < -0.4 is 15.6 Å². The van der Waals surface area contributed by atoms with E-state index in [1.54, 1.807) is 25.6 Å². The highest BCUT2D eigenvalue weighted by molar-refractivity contribution is 5.75. The van der Waals surface area contributed by atoms with E-state index in [0.717, 1.165) is 23.3 Å². The molecule has 1 N–H and O–H groups in total. The van der Waals surface area contributed by atoms with Gasteiger partial charge in [0.15, 0.2) is 0 Å². The third kappa shape index (κ3) is 6.00. The van der Waals surface area contributed by atoms with Crippen LogP contribution in [0.2, 0.25) is 0 Å². The lowest BCUT2D eigenvalue weighted by molar-refractivity contribution is -0.121. The summed E-state index contributed by atoms with van der Waals surface area (Å²) in [4.78, 5) is 28.1. The number of aryl methyl sites for hydroxylation is 1. The molecule has 3 rings (SSSR count). The lowest BCUT2D eigenvalue weighted by Gasteiger charge is -2.08. The van der Waals surface area contributed by atoms with Gasteiger partial charge >= 0.3 is 0 Å². The van der Waals surface area contributed by atoms with Crippen LogP contribution in [-0.2, 0) is 17.8 Å². The fourth-order valence-electron chi connectivity index (χ4n) is 2.89. The minimum atomic E-state index is -0.183. The zero-order valence-corrected chi connectivity index (χ0v) is 16.4. The first-order valence-electron chi connectivity index (χ1n) is 9.54. The normalized spacial score (nSPS) is 10.5. The van der Waals surface area contributed by atoms with Crippen molar-refractivity contribution >= 4 is 5.91 Å². The molecule has 0 saturated heterocycles. The van der Waals surface area contributed by atoms with E-state index in [2.05, 4.69) is 15.4 Å². The van der Waals surface area contributed by atoms with Crippen LogP contribution in [-0.4, -0.2) is 34.3 Å². The molecule has 7 heteroatoms. The van der Waals surface area contributed by atoms with Gasteiger partial charge in [0.25, 0.3) is 5.56 Å². The average Bonchev–Trinajstić information content (AvgIpc) is 2.76. The van der Waals surface area contributed by atoms with Crippen molar-refractivity contribution in [3.8, 4) is 17.0 Å². The largest absolute Gasteiger partial charge is 0.497 e. The molecule has 0 saturated carbocycles. The van der Waals surface area contributed by atoms with Crippen molar-refractivity contribution in [1.82, 2.24) is 20.1 Å². The summed E-state index contributed by atoms with van der Waals surface area (Å²) in [6.45, 7) is 0.957. The molecule has 3 aromatic rings. The second kappa shape index (κ2) is 10.2. The van der Waals surface area contributed by atoms with Crippen molar-refractivity contribution in [2.24, 2.45) is 0 Å². The number of pyridine rings is 1.